The standard InChI is InChI=1S/C20H20N2O2/c1-12-9-13(2)19(14(3)10-12)22-18-11-16(20(23)24-4)15-7-5-6-8-17(15)21-18/h5-11H,1-4H3,(H,21,22). The molecule has 0 atom stereocenters. The predicted octanol–water partition coefficient (Wildman–Crippen LogP) is 4.69. The van der Waals surface area contributed by atoms with Gasteiger partial charge < -0.3 is 10.1 Å². The third-order valence-electron chi connectivity index (χ3n) is 4.05. The Morgan fingerprint density at radius 3 is 2.38 bits per heavy atom. The smallest absolute Gasteiger partial charge is 0.338 e. The molecule has 0 fully saturated rings. The van der Waals surface area contributed by atoms with Gasteiger partial charge in [0.2, 0.25) is 0 Å². The van der Waals surface area contributed by atoms with Crippen molar-refractivity contribution in [2.45, 2.75) is 20.8 Å². The van der Waals surface area contributed by atoms with Crippen LogP contribution in [0.5, 0.6) is 0 Å². The van der Waals surface area contributed by atoms with Gasteiger partial charge >= 0.3 is 5.97 Å². The molecule has 0 spiro atoms. The fraction of sp³-hybridized carbons (Fsp3) is 0.200. The summed E-state index contributed by atoms with van der Waals surface area (Å²) in [7, 11) is 1.39. The largest absolute Gasteiger partial charge is 0.465 e. The normalized spacial score (nSPS) is 10.7. The number of esters is 1. The topological polar surface area (TPSA) is 51.2 Å². The summed E-state index contributed by atoms with van der Waals surface area (Å²) < 4.78 is 4.92. The average Bonchev–Trinajstić information content (AvgIpc) is 2.56. The van der Waals surface area contributed by atoms with Gasteiger partial charge in [-0.3, -0.25) is 0 Å². The summed E-state index contributed by atoms with van der Waals surface area (Å²) in [5, 5.41) is 4.14. The number of hydrogen-bond acceptors (Lipinski definition) is 4. The van der Waals surface area contributed by atoms with Gasteiger partial charge in [0.1, 0.15) is 5.82 Å². The van der Waals surface area contributed by atoms with Crippen molar-refractivity contribution in [2.24, 2.45) is 0 Å². The monoisotopic (exact) mass is 320 g/mol. The molecule has 0 unspecified atom stereocenters. The van der Waals surface area contributed by atoms with E-state index < -0.39 is 0 Å². The van der Waals surface area contributed by atoms with E-state index in [4.69, 9.17) is 4.74 Å². The van der Waals surface area contributed by atoms with Crippen molar-refractivity contribution in [1.29, 1.82) is 0 Å². The lowest BCUT2D eigenvalue weighted by atomic mass is 10.0. The predicted molar refractivity (Wildman–Crippen MR) is 97.0 cm³/mol. The van der Waals surface area contributed by atoms with E-state index in [0.717, 1.165) is 27.7 Å². The van der Waals surface area contributed by atoms with Gasteiger partial charge in [0.05, 0.1) is 18.2 Å². The molecule has 0 radical (unpaired) electrons. The third kappa shape index (κ3) is 2.95. The number of carbonyl (C=O) groups excluding carboxylic acids is 1. The number of benzene rings is 2. The van der Waals surface area contributed by atoms with Crippen LogP contribution in [-0.4, -0.2) is 18.1 Å². The Hall–Kier alpha value is -2.88. The maximum atomic E-state index is 12.1. The molecule has 4 heteroatoms. The van der Waals surface area contributed by atoms with E-state index in [0.29, 0.717) is 11.4 Å². The average molecular weight is 320 g/mol. The van der Waals surface area contributed by atoms with Crippen molar-refractivity contribution in [3.05, 3.63) is 64.7 Å². The molecule has 4 nitrogen and oxygen atoms in total. The number of pyridine rings is 1. The second-order valence-corrected chi connectivity index (χ2v) is 5.96. The van der Waals surface area contributed by atoms with Crippen LogP contribution in [0, 0.1) is 20.8 Å². The van der Waals surface area contributed by atoms with Crippen LogP contribution in [-0.2, 0) is 4.74 Å². The van der Waals surface area contributed by atoms with Crippen LogP contribution in [0.1, 0.15) is 27.0 Å². The van der Waals surface area contributed by atoms with Crippen molar-refractivity contribution in [3.63, 3.8) is 0 Å². The molecule has 1 N–H and O–H groups in total. The van der Waals surface area contributed by atoms with Crippen molar-refractivity contribution < 1.29 is 9.53 Å². The van der Waals surface area contributed by atoms with Crippen LogP contribution < -0.4 is 5.32 Å². The van der Waals surface area contributed by atoms with Crippen molar-refractivity contribution in [2.75, 3.05) is 12.4 Å². The zero-order valence-corrected chi connectivity index (χ0v) is 14.3. The minimum atomic E-state index is -0.367. The molecule has 24 heavy (non-hydrogen) atoms. The molecule has 1 aromatic heterocycles. The quantitative estimate of drug-likeness (QED) is 0.711. The molecule has 0 saturated carbocycles. The first-order valence-corrected chi connectivity index (χ1v) is 7.82. The zero-order chi connectivity index (χ0) is 17.3. The molecule has 1 heterocycles. The van der Waals surface area contributed by atoms with Gasteiger partial charge in [-0.25, -0.2) is 9.78 Å². The molecule has 0 bridgehead atoms. The van der Waals surface area contributed by atoms with E-state index in [1.807, 2.05) is 24.3 Å². The van der Waals surface area contributed by atoms with E-state index in [2.05, 4.69) is 43.2 Å². The van der Waals surface area contributed by atoms with Gasteiger partial charge in [0.25, 0.3) is 0 Å². The molecule has 3 aromatic rings. The van der Waals surface area contributed by atoms with Crippen LogP contribution in [0.25, 0.3) is 10.9 Å². The number of para-hydroxylation sites is 1. The highest BCUT2D eigenvalue weighted by Gasteiger charge is 2.14. The molecule has 122 valence electrons. The number of hydrogen-bond donors (Lipinski definition) is 1. The number of nitrogens with one attached hydrogen (secondary N) is 1. The van der Waals surface area contributed by atoms with Gasteiger partial charge in [-0.2, -0.15) is 0 Å². The van der Waals surface area contributed by atoms with Gasteiger partial charge in [-0.05, 0) is 44.0 Å². The van der Waals surface area contributed by atoms with Gasteiger partial charge in [0.15, 0.2) is 0 Å². The summed E-state index contributed by atoms with van der Waals surface area (Å²) in [6.07, 6.45) is 0. The second-order valence-electron chi connectivity index (χ2n) is 5.96. The lowest BCUT2D eigenvalue weighted by Crippen LogP contribution is -2.06. The van der Waals surface area contributed by atoms with E-state index in [9.17, 15) is 4.79 Å². The first-order chi connectivity index (χ1) is 11.5. The number of methoxy groups -OCH3 is 1. The maximum Gasteiger partial charge on any atom is 0.338 e. The van der Waals surface area contributed by atoms with E-state index >= 15 is 0 Å². The second kappa shape index (κ2) is 6.32. The van der Waals surface area contributed by atoms with Crippen LogP contribution in [0.3, 0.4) is 0 Å². The molecule has 0 saturated heterocycles. The van der Waals surface area contributed by atoms with Crippen molar-refractivity contribution >= 4 is 28.4 Å². The Bertz CT molecular complexity index is 909. The van der Waals surface area contributed by atoms with Crippen molar-refractivity contribution in [1.82, 2.24) is 4.98 Å². The summed E-state index contributed by atoms with van der Waals surface area (Å²) in [6, 6.07) is 13.5. The Balaban J connectivity index is 2.12. The number of aryl methyl sites for hydroxylation is 3. The third-order valence-corrected chi connectivity index (χ3v) is 4.05. The maximum absolute atomic E-state index is 12.1. The van der Waals surface area contributed by atoms with E-state index in [1.54, 1.807) is 6.07 Å². The van der Waals surface area contributed by atoms with E-state index in [1.165, 1.54) is 12.7 Å². The lowest BCUT2D eigenvalue weighted by molar-refractivity contribution is 0.0603. The summed E-state index contributed by atoms with van der Waals surface area (Å²) in [5.74, 6) is 0.262. The fourth-order valence-electron chi connectivity index (χ4n) is 3.02. The Morgan fingerprint density at radius 2 is 1.71 bits per heavy atom. The first kappa shape index (κ1) is 16.0. The summed E-state index contributed by atoms with van der Waals surface area (Å²) in [5.41, 5.74) is 5.78. The SMILES string of the molecule is COC(=O)c1cc(Nc2c(C)cc(C)cc2C)nc2ccccc12. The fourth-order valence-corrected chi connectivity index (χ4v) is 3.02. The minimum absolute atomic E-state index is 0.367. The molecule has 0 aliphatic heterocycles. The summed E-state index contributed by atoms with van der Waals surface area (Å²) in [6.45, 7) is 6.20. The number of anilines is 2. The zero-order valence-electron chi connectivity index (χ0n) is 14.3. The van der Waals surface area contributed by atoms with Gasteiger partial charge in [0, 0.05) is 11.1 Å². The van der Waals surface area contributed by atoms with Gasteiger partial charge in [-0.1, -0.05) is 35.9 Å². The minimum Gasteiger partial charge on any atom is -0.465 e. The molecule has 2 aromatic carbocycles. The first-order valence-electron chi connectivity index (χ1n) is 7.82. The van der Waals surface area contributed by atoms with Crippen LogP contribution in [0.4, 0.5) is 11.5 Å². The highest BCUT2D eigenvalue weighted by atomic mass is 16.5. The van der Waals surface area contributed by atoms with Crippen molar-refractivity contribution in [3.8, 4) is 0 Å². The van der Waals surface area contributed by atoms with E-state index in [-0.39, 0.29) is 5.97 Å². The molecular weight excluding hydrogens is 300 g/mol. The highest BCUT2D eigenvalue weighted by Crippen LogP contribution is 2.28. The Kier molecular flexibility index (Phi) is 4.21. The molecule has 3 rings (SSSR count). The molecular formula is C20H20N2O2. The molecule has 0 amide bonds. The Morgan fingerprint density at radius 1 is 1.04 bits per heavy atom. The van der Waals surface area contributed by atoms with Crippen LogP contribution in [0.15, 0.2) is 42.5 Å². The van der Waals surface area contributed by atoms with Crippen LogP contribution >= 0.6 is 0 Å². The number of carbonyl (C=O) groups is 1. The summed E-state index contributed by atoms with van der Waals surface area (Å²) in [4.78, 5) is 16.8. The highest BCUT2D eigenvalue weighted by molar-refractivity contribution is 6.04. The molecule has 0 aliphatic rings. The number of rotatable bonds is 3. The molecule has 0 aliphatic carbocycles. The number of fused-ring (bicyclic) bond motifs is 1. The lowest BCUT2D eigenvalue weighted by Gasteiger charge is -2.15. The van der Waals surface area contributed by atoms with Crippen LogP contribution in [0.2, 0.25) is 0 Å². The van der Waals surface area contributed by atoms with Gasteiger partial charge in [-0.15, -0.1) is 0 Å². The number of aromatic nitrogens is 1. The number of nitrogens with zero attached hydrogens (tertiary/aromatic N) is 1. The number of ether oxygens (including phenoxy) is 1. The summed E-state index contributed by atoms with van der Waals surface area (Å²) >= 11 is 0. The Labute approximate surface area is 141 Å².